The molecule has 3 atom stereocenters. The lowest BCUT2D eigenvalue weighted by atomic mass is 10.0. The number of halogens is 3. The first kappa shape index (κ1) is 24.3. The summed E-state index contributed by atoms with van der Waals surface area (Å²) in [5.74, 6) is -0.241. The van der Waals surface area contributed by atoms with Gasteiger partial charge < -0.3 is 19.3 Å². The Hall–Kier alpha value is -2.72. The highest BCUT2D eigenvalue weighted by Gasteiger charge is 2.46. The average Bonchev–Trinajstić information content (AvgIpc) is 3.22. The molecule has 11 heteroatoms. The van der Waals surface area contributed by atoms with E-state index in [1.54, 1.807) is 18.2 Å². The molecule has 0 radical (unpaired) electrons. The van der Waals surface area contributed by atoms with Crippen molar-refractivity contribution in [1.82, 2.24) is 10.1 Å². The molecule has 0 unspecified atom stereocenters. The number of carboxylic acid groups (broad SMARTS) is 1. The second kappa shape index (κ2) is 9.19. The fourth-order valence-corrected chi connectivity index (χ4v) is 7.48. The summed E-state index contributed by atoms with van der Waals surface area (Å²) >= 11 is 14.3. The maximum Gasteiger partial charge on any atom is 0.335 e. The van der Waals surface area contributed by atoms with E-state index < -0.39 is 11.8 Å². The number of benzene rings is 2. The van der Waals surface area contributed by atoms with E-state index in [-0.39, 0.29) is 23.2 Å². The minimum atomic E-state index is -1.15. The topological polar surface area (TPSA) is 88.7 Å². The number of nitrogens with zero attached hydrogens (tertiary/aromatic N) is 3. The molecular formula is C27H22Cl2FN3O4S. The van der Waals surface area contributed by atoms with E-state index in [1.165, 1.54) is 17.4 Å². The molecule has 0 amide bonds. The van der Waals surface area contributed by atoms with Crippen LogP contribution in [-0.4, -0.2) is 39.9 Å². The zero-order chi connectivity index (χ0) is 26.1. The van der Waals surface area contributed by atoms with E-state index in [2.05, 4.69) is 15.0 Å². The van der Waals surface area contributed by atoms with Crippen molar-refractivity contribution < 1.29 is 23.6 Å². The fourth-order valence-electron chi connectivity index (χ4n) is 5.81. The summed E-state index contributed by atoms with van der Waals surface area (Å²) in [5, 5.41) is 15.4. The number of thiazole rings is 1. The number of carboxylic acids is 1. The number of piperidine rings is 1. The van der Waals surface area contributed by atoms with Crippen LogP contribution < -0.4 is 4.90 Å². The number of carbonyl (C=O) groups is 1. The molecule has 2 saturated carbocycles. The molecule has 7 nitrogen and oxygen atoms in total. The maximum atomic E-state index is 14.5. The zero-order valence-electron chi connectivity index (χ0n) is 20.0. The van der Waals surface area contributed by atoms with Gasteiger partial charge in [0.1, 0.15) is 17.0 Å². The van der Waals surface area contributed by atoms with Crippen LogP contribution >= 0.6 is 34.5 Å². The Kier molecular flexibility index (Phi) is 5.88. The normalized spacial score (nSPS) is 22.6. The van der Waals surface area contributed by atoms with Crippen molar-refractivity contribution in [3.05, 3.63) is 63.1 Å². The molecule has 1 saturated heterocycles. The molecule has 38 heavy (non-hydrogen) atoms. The second-order valence-corrected chi connectivity index (χ2v) is 12.1. The van der Waals surface area contributed by atoms with E-state index in [0.29, 0.717) is 44.4 Å². The number of hydrogen-bond acceptors (Lipinski definition) is 7. The van der Waals surface area contributed by atoms with Crippen molar-refractivity contribution in [2.45, 2.75) is 50.4 Å². The third kappa shape index (κ3) is 4.07. The van der Waals surface area contributed by atoms with Gasteiger partial charge in [0.05, 0.1) is 33.0 Å². The van der Waals surface area contributed by atoms with E-state index in [0.717, 1.165) is 54.7 Å². The van der Waals surface area contributed by atoms with Gasteiger partial charge >= 0.3 is 5.97 Å². The third-order valence-electron chi connectivity index (χ3n) is 7.81. The van der Waals surface area contributed by atoms with E-state index in [1.807, 2.05) is 0 Å². The highest BCUT2D eigenvalue weighted by Crippen LogP contribution is 2.48. The Balaban J connectivity index is 1.09. The van der Waals surface area contributed by atoms with Gasteiger partial charge in [-0.25, -0.2) is 14.2 Å². The molecule has 3 aliphatic rings. The molecule has 2 bridgehead atoms. The summed E-state index contributed by atoms with van der Waals surface area (Å²) in [5.41, 5.74) is 2.37. The SMILES string of the molecule is O=C(O)c1cc(F)c2nc(N3C[C@@H]4C[C@H]3C[C@@H]4OCc3c(-c4c(Cl)cccc4Cl)noc3C3CC3)sc2c1. The second-order valence-electron chi connectivity index (χ2n) is 10.2. The molecule has 1 N–H and O–H groups in total. The van der Waals surface area contributed by atoms with E-state index in [9.17, 15) is 14.3 Å². The van der Waals surface area contributed by atoms with Crippen molar-refractivity contribution in [2.24, 2.45) is 5.92 Å². The van der Waals surface area contributed by atoms with Gasteiger partial charge in [-0.15, -0.1) is 0 Å². The number of aromatic nitrogens is 2. The van der Waals surface area contributed by atoms with Gasteiger partial charge in [0, 0.05) is 35.5 Å². The average molecular weight is 574 g/mol. The number of anilines is 1. The molecule has 2 aromatic carbocycles. The molecule has 2 aliphatic carbocycles. The molecule has 2 aromatic heterocycles. The van der Waals surface area contributed by atoms with Crippen LogP contribution in [-0.2, 0) is 11.3 Å². The van der Waals surface area contributed by atoms with Gasteiger partial charge in [0.15, 0.2) is 10.9 Å². The third-order valence-corrected chi connectivity index (χ3v) is 9.48. The molecular weight excluding hydrogens is 552 g/mol. The lowest BCUT2D eigenvalue weighted by molar-refractivity contribution is 0.0122. The summed E-state index contributed by atoms with van der Waals surface area (Å²) in [6.45, 7) is 1.12. The largest absolute Gasteiger partial charge is 0.478 e. The summed E-state index contributed by atoms with van der Waals surface area (Å²) in [6, 6.07) is 8.13. The van der Waals surface area contributed by atoms with Crippen LogP contribution in [0.3, 0.4) is 0 Å². The van der Waals surface area contributed by atoms with E-state index in [4.69, 9.17) is 32.5 Å². The predicted octanol–water partition coefficient (Wildman–Crippen LogP) is 7.16. The van der Waals surface area contributed by atoms with Crippen molar-refractivity contribution in [1.29, 1.82) is 0 Å². The van der Waals surface area contributed by atoms with Crippen molar-refractivity contribution in [2.75, 3.05) is 11.4 Å². The highest BCUT2D eigenvalue weighted by molar-refractivity contribution is 7.22. The quantitative estimate of drug-likeness (QED) is 0.251. The molecule has 3 fully saturated rings. The Labute approximate surface area is 231 Å². The lowest BCUT2D eigenvalue weighted by Gasteiger charge is -2.31. The Bertz CT molecular complexity index is 1570. The smallest absolute Gasteiger partial charge is 0.335 e. The van der Waals surface area contributed by atoms with Gasteiger partial charge in [0.2, 0.25) is 0 Å². The summed E-state index contributed by atoms with van der Waals surface area (Å²) < 4.78 is 27.3. The van der Waals surface area contributed by atoms with Gasteiger partial charge in [-0.3, -0.25) is 0 Å². The number of rotatable bonds is 7. The van der Waals surface area contributed by atoms with Crippen LogP contribution in [0.25, 0.3) is 21.5 Å². The van der Waals surface area contributed by atoms with E-state index >= 15 is 0 Å². The monoisotopic (exact) mass is 573 g/mol. The summed E-state index contributed by atoms with van der Waals surface area (Å²) in [6.07, 6.45) is 3.99. The number of hydrogen-bond donors (Lipinski definition) is 1. The van der Waals surface area contributed by atoms with Crippen molar-refractivity contribution in [3.8, 4) is 11.3 Å². The van der Waals surface area contributed by atoms with Crippen LogP contribution in [0, 0.1) is 11.7 Å². The molecule has 7 rings (SSSR count). The molecule has 1 aliphatic heterocycles. The van der Waals surface area contributed by atoms with Crippen molar-refractivity contribution in [3.63, 3.8) is 0 Å². The minimum Gasteiger partial charge on any atom is -0.478 e. The highest BCUT2D eigenvalue weighted by atomic mass is 35.5. The van der Waals surface area contributed by atoms with Gasteiger partial charge in [0.25, 0.3) is 0 Å². The van der Waals surface area contributed by atoms with Crippen LogP contribution in [0.1, 0.15) is 53.3 Å². The zero-order valence-corrected chi connectivity index (χ0v) is 22.3. The van der Waals surface area contributed by atoms with Crippen molar-refractivity contribution >= 4 is 55.9 Å². The minimum absolute atomic E-state index is 0.0671. The van der Waals surface area contributed by atoms with Crippen LogP contribution in [0.15, 0.2) is 34.9 Å². The fraction of sp³-hybridized carbons (Fsp3) is 0.370. The summed E-state index contributed by atoms with van der Waals surface area (Å²) in [4.78, 5) is 18.0. The standard InChI is InChI=1S/C27H22Cl2FN3O4S/c28-17-2-1-3-18(29)22(17)23-16(25(37-32-23)12-4-5-12)11-36-20-9-15-6-14(20)10-33(15)27-31-24-19(30)7-13(26(34)35)8-21(24)38-27/h1-3,7-8,12,14-15,20H,4-6,9-11H2,(H,34,35)/t14-,15-,20-/m0/s1. The van der Waals surface area contributed by atoms with Gasteiger partial charge in [-0.2, -0.15) is 0 Å². The Morgan fingerprint density at radius 2 is 2.03 bits per heavy atom. The van der Waals surface area contributed by atoms with Gasteiger partial charge in [-0.05, 0) is 49.9 Å². The number of ether oxygens (including phenoxy) is 1. The summed E-state index contributed by atoms with van der Waals surface area (Å²) in [7, 11) is 0. The Morgan fingerprint density at radius 1 is 1.24 bits per heavy atom. The first-order valence-electron chi connectivity index (χ1n) is 12.5. The first-order chi connectivity index (χ1) is 18.4. The predicted molar refractivity (Wildman–Crippen MR) is 143 cm³/mol. The van der Waals surface area contributed by atoms with Crippen LogP contribution in [0.5, 0.6) is 0 Å². The van der Waals surface area contributed by atoms with Crippen LogP contribution in [0.2, 0.25) is 10.0 Å². The molecule has 0 spiro atoms. The number of fused-ring (bicyclic) bond motifs is 3. The molecule has 196 valence electrons. The Morgan fingerprint density at radius 3 is 2.71 bits per heavy atom. The number of aromatic carboxylic acids is 1. The molecule has 4 aromatic rings. The first-order valence-corrected chi connectivity index (χ1v) is 14.1. The maximum absolute atomic E-state index is 14.5. The lowest BCUT2D eigenvalue weighted by Crippen LogP contribution is -2.38. The van der Waals surface area contributed by atoms with Crippen LogP contribution in [0.4, 0.5) is 9.52 Å². The van der Waals surface area contributed by atoms with Gasteiger partial charge in [-0.1, -0.05) is 45.8 Å². The molecule has 3 heterocycles.